The second-order valence-electron chi connectivity index (χ2n) is 4.54. The molecule has 3 heteroatoms. The van der Waals surface area contributed by atoms with Crippen LogP contribution in [0.3, 0.4) is 0 Å². The van der Waals surface area contributed by atoms with E-state index in [0.717, 1.165) is 13.0 Å². The Kier molecular flexibility index (Phi) is 2.23. The van der Waals surface area contributed by atoms with Crippen molar-refractivity contribution in [3.63, 3.8) is 0 Å². The lowest BCUT2D eigenvalue weighted by molar-refractivity contribution is 0.235. The number of para-hydroxylation sites is 1. The molecule has 3 rings (SSSR count). The van der Waals surface area contributed by atoms with Gasteiger partial charge in [-0.2, -0.15) is 0 Å². The van der Waals surface area contributed by atoms with Crippen molar-refractivity contribution in [2.75, 3.05) is 6.61 Å². The lowest BCUT2D eigenvalue weighted by Crippen LogP contribution is -2.37. The molecule has 1 aliphatic heterocycles. The highest BCUT2D eigenvalue weighted by atomic mass is 16.3. The topological polar surface area (TPSA) is 48.0 Å². The summed E-state index contributed by atoms with van der Waals surface area (Å²) in [4.78, 5) is 3.48. The van der Waals surface area contributed by atoms with Crippen LogP contribution in [0.4, 0.5) is 0 Å². The molecule has 0 saturated carbocycles. The summed E-state index contributed by atoms with van der Waals surface area (Å²) in [6.07, 6.45) is 0.912. The van der Waals surface area contributed by atoms with E-state index < -0.39 is 0 Å². The molecule has 3 N–H and O–H groups in total. The lowest BCUT2D eigenvalue weighted by atomic mass is 9.98. The molecule has 0 spiro atoms. The van der Waals surface area contributed by atoms with E-state index in [1.165, 1.54) is 27.7 Å². The molecular formula is C13H16N2O. The Labute approximate surface area is 94.5 Å². The van der Waals surface area contributed by atoms with E-state index in [9.17, 15) is 5.11 Å². The largest absolute Gasteiger partial charge is 0.395 e. The molecule has 1 atom stereocenters. The van der Waals surface area contributed by atoms with E-state index in [1.54, 1.807) is 0 Å². The summed E-state index contributed by atoms with van der Waals surface area (Å²) in [5, 5.41) is 13.8. The van der Waals surface area contributed by atoms with Crippen LogP contribution in [0.25, 0.3) is 10.9 Å². The number of aromatic nitrogens is 1. The van der Waals surface area contributed by atoms with E-state index in [-0.39, 0.29) is 12.6 Å². The van der Waals surface area contributed by atoms with E-state index in [4.69, 9.17) is 0 Å². The molecule has 1 aromatic heterocycles. The SMILES string of the molecule is Cc1cccc2c3c([nH]c12)CNC(CO)C3. The van der Waals surface area contributed by atoms with Gasteiger partial charge in [0.2, 0.25) is 0 Å². The Balaban J connectivity index is 2.18. The van der Waals surface area contributed by atoms with E-state index in [1.807, 2.05) is 0 Å². The Bertz CT molecular complexity index is 530. The molecule has 0 amide bonds. The molecule has 1 aliphatic rings. The van der Waals surface area contributed by atoms with Crippen LogP contribution in [0.5, 0.6) is 0 Å². The van der Waals surface area contributed by atoms with Crippen LogP contribution in [-0.2, 0) is 13.0 Å². The van der Waals surface area contributed by atoms with Gasteiger partial charge in [-0.25, -0.2) is 0 Å². The zero-order valence-corrected chi connectivity index (χ0v) is 9.38. The number of rotatable bonds is 1. The summed E-state index contributed by atoms with van der Waals surface area (Å²) in [6.45, 7) is 3.16. The third-order valence-corrected chi connectivity index (χ3v) is 3.48. The summed E-state index contributed by atoms with van der Waals surface area (Å²) < 4.78 is 0. The van der Waals surface area contributed by atoms with Gasteiger partial charge in [0.25, 0.3) is 0 Å². The number of aryl methyl sites for hydroxylation is 1. The van der Waals surface area contributed by atoms with E-state index in [0.29, 0.717) is 0 Å². The summed E-state index contributed by atoms with van der Waals surface area (Å²) in [7, 11) is 0. The van der Waals surface area contributed by atoms with Gasteiger partial charge >= 0.3 is 0 Å². The highest BCUT2D eigenvalue weighted by Crippen LogP contribution is 2.28. The molecule has 0 bridgehead atoms. The number of benzene rings is 1. The molecule has 16 heavy (non-hydrogen) atoms. The molecule has 0 aliphatic carbocycles. The molecule has 0 saturated heterocycles. The van der Waals surface area contributed by atoms with Gasteiger partial charge in [0, 0.05) is 29.2 Å². The number of aromatic amines is 1. The first-order chi connectivity index (χ1) is 7.79. The van der Waals surface area contributed by atoms with Crippen LogP contribution < -0.4 is 5.32 Å². The highest BCUT2D eigenvalue weighted by molar-refractivity contribution is 5.87. The number of aliphatic hydroxyl groups excluding tert-OH is 1. The minimum Gasteiger partial charge on any atom is -0.395 e. The minimum atomic E-state index is 0.201. The maximum absolute atomic E-state index is 9.21. The monoisotopic (exact) mass is 216 g/mol. The molecular weight excluding hydrogens is 200 g/mol. The van der Waals surface area contributed by atoms with Gasteiger partial charge in [-0.05, 0) is 24.5 Å². The fraction of sp³-hybridized carbons (Fsp3) is 0.385. The van der Waals surface area contributed by atoms with Crippen molar-refractivity contribution < 1.29 is 5.11 Å². The Morgan fingerprint density at radius 1 is 1.44 bits per heavy atom. The maximum atomic E-state index is 9.21. The van der Waals surface area contributed by atoms with Gasteiger partial charge < -0.3 is 15.4 Å². The predicted octanol–water partition coefficient (Wildman–Crippen LogP) is 1.48. The number of hydrogen-bond donors (Lipinski definition) is 3. The molecule has 3 nitrogen and oxygen atoms in total. The Hall–Kier alpha value is -1.32. The average molecular weight is 216 g/mol. The Morgan fingerprint density at radius 3 is 3.12 bits per heavy atom. The zero-order chi connectivity index (χ0) is 11.1. The van der Waals surface area contributed by atoms with Gasteiger partial charge in [-0.15, -0.1) is 0 Å². The van der Waals surface area contributed by atoms with Crippen molar-refractivity contribution in [3.8, 4) is 0 Å². The third-order valence-electron chi connectivity index (χ3n) is 3.48. The van der Waals surface area contributed by atoms with Gasteiger partial charge in [-0.1, -0.05) is 18.2 Å². The zero-order valence-electron chi connectivity index (χ0n) is 9.38. The molecule has 0 fully saturated rings. The van der Waals surface area contributed by atoms with E-state index in [2.05, 4.69) is 35.4 Å². The Morgan fingerprint density at radius 2 is 2.31 bits per heavy atom. The van der Waals surface area contributed by atoms with Crippen LogP contribution in [0, 0.1) is 6.92 Å². The van der Waals surface area contributed by atoms with Crippen LogP contribution >= 0.6 is 0 Å². The van der Waals surface area contributed by atoms with Crippen LogP contribution in [0.15, 0.2) is 18.2 Å². The van der Waals surface area contributed by atoms with Crippen molar-refractivity contribution in [2.45, 2.75) is 25.9 Å². The van der Waals surface area contributed by atoms with Gasteiger partial charge in [0.15, 0.2) is 0 Å². The van der Waals surface area contributed by atoms with Crippen molar-refractivity contribution >= 4 is 10.9 Å². The van der Waals surface area contributed by atoms with Gasteiger partial charge in [0.05, 0.1) is 6.61 Å². The van der Waals surface area contributed by atoms with Crippen LogP contribution in [-0.4, -0.2) is 22.7 Å². The highest BCUT2D eigenvalue weighted by Gasteiger charge is 2.21. The summed E-state index contributed by atoms with van der Waals surface area (Å²) in [5.41, 5.74) is 5.17. The lowest BCUT2D eigenvalue weighted by Gasteiger charge is -2.22. The predicted molar refractivity (Wildman–Crippen MR) is 64.5 cm³/mol. The maximum Gasteiger partial charge on any atom is 0.0588 e. The normalized spacial score (nSPS) is 20.0. The van der Waals surface area contributed by atoms with Crippen LogP contribution in [0.2, 0.25) is 0 Å². The first-order valence-corrected chi connectivity index (χ1v) is 5.73. The van der Waals surface area contributed by atoms with E-state index >= 15 is 0 Å². The van der Waals surface area contributed by atoms with Crippen molar-refractivity contribution in [2.24, 2.45) is 0 Å². The minimum absolute atomic E-state index is 0.201. The second-order valence-corrected chi connectivity index (χ2v) is 4.54. The number of hydrogen-bond acceptors (Lipinski definition) is 2. The third kappa shape index (κ3) is 1.36. The fourth-order valence-electron chi connectivity index (χ4n) is 2.55. The standard InChI is InChI=1S/C13H16N2O/c1-8-3-2-4-10-11-5-9(7-16)14-6-12(11)15-13(8)10/h2-4,9,14-16H,5-7H2,1H3. The summed E-state index contributed by atoms with van der Waals surface area (Å²) >= 11 is 0. The van der Waals surface area contributed by atoms with Gasteiger partial charge in [-0.3, -0.25) is 0 Å². The van der Waals surface area contributed by atoms with Gasteiger partial charge in [0.1, 0.15) is 0 Å². The van der Waals surface area contributed by atoms with Crippen molar-refractivity contribution in [1.29, 1.82) is 0 Å². The second kappa shape index (κ2) is 3.61. The van der Waals surface area contributed by atoms with Crippen molar-refractivity contribution in [1.82, 2.24) is 10.3 Å². The number of aliphatic hydroxyl groups is 1. The molecule has 84 valence electrons. The fourth-order valence-corrected chi connectivity index (χ4v) is 2.55. The summed E-state index contributed by atoms with van der Waals surface area (Å²) in [5.74, 6) is 0. The number of H-pyrrole nitrogens is 1. The number of nitrogens with one attached hydrogen (secondary N) is 2. The molecule has 2 aromatic rings. The molecule has 2 heterocycles. The average Bonchev–Trinajstić information content (AvgIpc) is 2.68. The molecule has 1 unspecified atom stereocenters. The molecule has 0 radical (unpaired) electrons. The smallest absolute Gasteiger partial charge is 0.0588 e. The van der Waals surface area contributed by atoms with Crippen molar-refractivity contribution in [3.05, 3.63) is 35.0 Å². The van der Waals surface area contributed by atoms with Crippen LogP contribution in [0.1, 0.15) is 16.8 Å². The molecule has 1 aromatic carbocycles. The quantitative estimate of drug-likeness (QED) is 0.676. The summed E-state index contributed by atoms with van der Waals surface area (Å²) in [6, 6.07) is 6.59. The first kappa shape index (κ1) is 9.87. The first-order valence-electron chi connectivity index (χ1n) is 5.73. The number of fused-ring (bicyclic) bond motifs is 3.